The second kappa shape index (κ2) is 9.92. The van der Waals surface area contributed by atoms with E-state index in [1.165, 1.54) is 4.90 Å². The number of aryl methyl sites for hydroxylation is 1. The standard InChI is InChI=1S/C28H27ClN2O4/c1-5-35-23-12-10-18(14-20(23)16(2)3)26(32)24-25(21-8-6-7-13-30-21)31(28(34)27(24)33)22-15-19(29)11-9-17(22)4/h6-16,25,32H,5H2,1-4H3/b26-24-. The average molecular weight is 491 g/mol. The number of hydrogen-bond acceptors (Lipinski definition) is 5. The number of Topliss-reactive ketones (excluding diaryl/α,β-unsaturated/α-hetero) is 1. The van der Waals surface area contributed by atoms with E-state index in [2.05, 4.69) is 4.98 Å². The number of nitrogens with zero attached hydrogens (tertiary/aromatic N) is 2. The molecule has 1 saturated heterocycles. The van der Waals surface area contributed by atoms with Gasteiger partial charge in [0.1, 0.15) is 17.6 Å². The Hall–Kier alpha value is -3.64. The maximum atomic E-state index is 13.4. The Labute approximate surface area is 209 Å². The zero-order valence-corrected chi connectivity index (χ0v) is 20.8. The molecule has 1 N–H and O–H groups in total. The fourth-order valence-electron chi connectivity index (χ4n) is 4.33. The Morgan fingerprint density at radius 2 is 1.91 bits per heavy atom. The summed E-state index contributed by atoms with van der Waals surface area (Å²) in [6.07, 6.45) is 1.59. The Morgan fingerprint density at radius 1 is 1.14 bits per heavy atom. The van der Waals surface area contributed by atoms with Crippen molar-refractivity contribution in [3.63, 3.8) is 0 Å². The van der Waals surface area contributed by atoms with Crippen LogP contribution in [0, 0.1) is 6.92 Å². The van der Waals surface area contributed by atoms with Crippen LogP contribution in [0.4, 0.5) is 5.69 Å². The molecule has 4 rings (SSSR count). The molecule has 7 heteroatoms. The highest BCUT2D eigenvalue weighted by Crippen LogP contribution is 2.43. The van der Waals surface area contributed by atoms with Gasteiger partial charge in [-0.1, -0.05) is 37.6 Å². The number of carbonyl (C=O) groups is 2. The molecule has 1 fully saturated rings. The second-order valence-corrected chi connectivity index (χ2v) is 9.13. The molecule has 180 valence electrons. The molecule has 1 aliphatic heterocycles. The molecule has 0 spiro atoms. The maximum Gasteiger partial charge on any atom is 0.300 e. The Kier molecular flexibility index (Phi) is 6.94. The lowest BCUT2D eigenvalue weighted by molar-refractivity contribution is -0.132. The molecule has 2 heterocycles. The summed E-state index contributed by atoms with van der Waals surface area (Å²) in [7, 11) is 0. The molecule has 0 saturated carbocycles. The largest absolute Gasteiger partial charge is 0.507 e. The number of ketones is 1. The number of ether oxygens (including phenoxy) is 1. The zero-order chi connectivity index (χ0) is 25.3. The van der Waals surface area contributed by atoms with Crippen molar-refractivity contribution in [1.29, 1.82) is 0 Å². The van der Waals surface area contributed by atoms with Gasteiger partial charge in [-0.05, 0) is 73.4 Å². The van der Waals surface area contributed by atoms with Crippen LogP contribution in [-0.4, -0.2) is 28.4 Å². The van der Waals surface area contributed by atoms with Crippen molar-refractivity contribution in [2.24, 2.45) is 0 Å². The Bertz CT molecular complexity index is 1320. The third-order valence-corrected chi connectivity index (χ3v) is 6.28. The van der Waals surface area contributed by atoms with Gasteiger partial charge in [0.15, 0.2) is 0 Å². The SMILES string of the molecule is CCOc1ccc(/C(O)=C2/C(=O)C(=O)N(c3cc(Cl)ccc3C)C2c2ccccn2)cc1C(C)C. The van der Waals surface area contributed by atoms with Crippen molar-refractivity contribution >= 4 is 34.7 Å². The lowest BCUT2D eigenvalue weighted by Gasteiger charge is -2.26. The number of aliphatic hydroxyl groups is 1. The third-order valence-electron chi connectivity index (χ3n) is 6.05. The zero-order valence-electron chi connectivity index (χ0n) is 20.1. The molecular formula is C28H27ClN2O4. The minimum absolute atomic E-state index is 0.0214. The van der Waals surface area contributed by atoms with E-state index < -0.39 is 17.7 Å². The van der Waals surface area contributed by atoms with E-state index in [4.69, 9.17) is 16.3 Å². The van der Waals surface area contributed by atoms with E-state index in [0.29, 0.717) is 28.6 Å². The number of rotatable bonds is 6. The molecule has 0 radical (unpaired) electrons. The smallest absolute Gasteiger partial charge is 0.300 e. The van der Waals surface area contributed by atoms with Gasteiger partial charge < -0.3 is 9.84 Å². The number of anilines is 1. The maximum absolute atomic E-state index is 13.4. The van der Waals surface area contributed by atoms with Crippen LogP contribution in [0.1, 0.15) is 55.1 Å². The first-order valence-electron chi connectivity index (χ1n) is 11.5. The van der Waals surface area contributed by atoms with Gasteiger partial charge in [-0.15, -0.1) is 0 Å². The van der Waals surface area contributed by atoms with Gasteiger partial charge >= 0.3 is 0 Å². The van der Waals surface area contributed by atoms with Crippen LogP contribution in [-0.2, 0) is 9.59 Å². The summed E-state index contributed by atoms with van der Waals surface area (Å²) in [5.41, 5.74) is 3.02. The quantitative estimate of drug-likeness (QED) is 0.253. The summed E-state index contributed by atoms with van der Waals surface area (Å²) in [5.74, 6) is -0.950. The van der Waals surface area contributed by atoms with Crippen LogP contribution in [0.25, 0.3) is 5.76 Å². The molecule has 1 amide bonds. The summed E-state index contributed by atoms with van der Waals surface area (Å²) < 4.78 is 5.74. The van der Waals surface area contributed by atoms with E-state index in [-0.39, 0.29) is 17.3 Å². The number of aromatic nitrogens is 1. The summed E-state index contributed by atoms with van der Waals surface area (Å²) in [6, 6.07) is 14.8. The van der Waals surface area contributed by atoms with Crippen molar-refractivity contribution in [1.82, 2.24) is 4.98 Å². The molecule has 2 aromatic carbocycles. The number of pyridine rings is 1. The van der Waals surface area contributed by atoms with E-state index in [1.807, 2.05) is 27.7 Å². The highest BCUT2D eigenvalue weighted by Gasteiger charge is 2.48. The van der Waals surface area contributed by atoms with Crippen LogP contribution in [0.15, 0.2) is 66.4 Å². The number of halogens is 1. The van der Waals surface area contributed by atoms with Crippen molar-refractivity contribution in [3.8, 4) is 5.75 Å². The Morgan fingerprint density at radius 3 is 2.57 bits per heavy atom. The summed E-state index contributed by atoms with van der Waals surface area (Å²) in [6.45, 7) is 8.30. The predicted octanol–water partition coefficient (Wildman–Crippen LogP) is 6.19. The molecule has 3 aromatic rings. The second-order valence-electron chi connectivity index (χ2n) is 8.69. The topological polar surface area (TPSA) is 79.7 Å². The summed E-state index contributed by atoms with van der Waals surface area (Å²) in [5, 5.41) is 11.9. The number of carbonyl (C=O) groups excluding carboxylic acids is 2. The number of aliphatic hydroxyl groups excluding tert-OH is 1. The molecule has 6 nitrogen and oxygen atoms in total. The van der Waals surface area contributed by atoms with Crippen LogP contribution in [0.5, 0.6) is 5.75 Å². The van der Waals surface area contributed by atoms with Gasteiger partial charge in [0.25, 0.3) is 11.7 Å². The van der Waals surface area contributed by atoms with Gasteiger partial charge in [0.05, 0.1) is 17.9 Å². The molecule has 0 bridgehead atoms. The molecule has 1 aromatic heterocycles. The normalized spacial score (nSPS) is 17.3. The average Bonchev–Trinajstić information content (AvgIpc) is 3.11. The van der Waals surface area contributed by atoms with Crippen LogP contribution >= 0.6 is 11.6 Å². The van der Waals surface area contributed by atoms with Crippen LogP contribution in [0.2, 0.25) is 5.02 Å². The first-order chi connectivity index (χ1) is 16.7. The number of benzene rings is 2. The minimum atomic E-state index is -0.914. The number of hydrogen-bond donors (Lipinski definition) is 1. The highest BCUT2D eigenvalue weighted by molar-refractivity contribution is 6.52. The van der Waals surface area contributed by atoms with E-state index >= 15 is 0 Å². The molecular weight excluding hydrogens is 464 g/mol. The monoisotopic (exact) mass is 490 g/mol. The molecule has 1 aliphatic rings. The van der Waals surface area contributed by atoms with Crippen molar-refractivity contribution in [2.45, 2.75) is 39.7 Å². The van der Waals surface area contributed by atoms with Gasteiger partial charge in [-0.3, -0.25) is 19.5 Å². The van der Waals surface area contributed by atoms with Gasteiger partial charge in [0.2, 0.25) is 0 Å². The molecule has 0 aliphatic carbocycles. The minimum Gasteiger partial charge on any atom is -0.507 e. The molecule has 1 unspecified atom stereocenters. The number of amides is 1. The van der Waals surface area contributed by atoms with Gasteiger partial charge in [-0.2, -0.15) is 0 Å². The summed E-state index contributed by atoms with van der Waals surface area (Å²) in [4.78, 5) is 32.5. The first-order valence-corrected chi connectivity index (χ1v) is 11.9. The van der Waals surface area contributed by atoms with Crippen molar-refractivity contribution in [2.75, 3.05) is 11.5 Å². The fraction of sp³-hybridized carbons (Fsp3) is 0.250. The Balaban J connectivity index is 1.95. The van der Waals surface area contributed by atoms with E-state index in [0.717, 1.165) is 16.9 Å². The summed E-state index contributed by atoms with van der Waals surface area (Å²) >= 11 is 6.24. The molecule has 35 heavy (non-hydrogen) atoms. The van der Waals surface area contributed by atoms with Crippen molar-refractivity contribution in [3.05, 3.63) is 93.8 Å². The third kappa shape index (κ3) is 4.54. The lowest BCUT2D eigenvalue weighted by Crippen LogP contribution is -2.30. The molecule has 1 atom stereocenters. The van der Waals surface area contributed by atoms with Crippen LogP contribution in [0.3, 0.4) is 0 Å². The highest BCUT2D eigenvalue weighted by atomic mass is 35.5. The first kappa shape index (κ1) is 24.5. The van der Waals surface area contributed by atoms with E-state index in [9.17, 15) is 14.7 Å². The van der Waals surface area contributed by atoms with E-state index in [1.54, 1.807) is 60.8 Å². The predicted molar refractivity (Wildman–Crippen MR) is 137 cm³/mol. The lowest BCUT2D eigenvalue weighted by atomic mass is 9.94. The van der Waals surface area contributed by atoms with Gasteiger partial charge in [0, 0.05) is 22.5 Å². The van der Waals surface area contributed by atoms with Gasteiger partial charge in [-0.25, -0.2) is 0 Å². The fourth-order valence-corrected chi connectivity index (χ4v) is 4.50. The van der Waals surface area contributed by atoms with Crippen molar-refractivity contribution < 1.29 is 19.4 Å². The van der Waals surface area contributed by atoms with Crippen LogP contribution < -0.4 is 9.64 Å².